The van der Waals surface area contributed by atoms with Crippen LogP contribution in [0.15, 0.2) is 53.6 Å². The second-order valence-electron chi connectivity index (χ2n) is 5.07. The van der Waals surface area contributed by atoms with E-state index in [9.17, 15) is 9.59 Å². The smallest absolute Gasteiger partial charge is 0.343 e. The van der Waals surface area contributed by atoms with Crippen molar-refractivity contribution >= 4 is 23.9 Å². The summed E-state index contributed by atoms with van der Waals surface area (Å²) >= 11 is 0. The largest absolute Gasteiger partial charge is 0.482 e. The van der Waals surface area contributed by atoms with Crippen molar-refractivity contribution < 1.29 is 19.1 Å². The molecule has 0 atom stereocenters. The van der Waals surface area contributed by atoms with Gasteiger partial charge in [-0.3, -0.25) is 0 Å². The molecule has 7 nitrogen and oxygen atoms in total. The summed E-state index contributed by atoms with van der Waals surface area (Å²) in [6.07, 6.45) is 1.50. The molecule has 0 aliphatic heterocycles. The molecule has 2 rings (SSSR count). The van der Waals surface area contributed by atoms with Crippen molar-refractivity contribution in [1.82, 2.24) is 5.43 Å². The number of anilines is 1. The quantitative estimate of drug-likeness (QED) is 0.480. The van der Waals surface area contributed by atoms with Gasteiger partial charge in [-0.15, -0.1) is 0 Å². The molecule has 0 aliphatic carbocycles. The van der Waals surface area contributed by atoms with Crippen LogP contribution in [0.25, 0.3) is 0 Å². The van der Waals surface area contributed by atoms with Gasteiger partial charge in [0.2, 0.25) is 0 Å². The summed E-state index contributed by atoms with van der Waals surface area (Å²) in [7, 11) is 1.30. The van der Waals surface area contributed by atoms with Gasteiger partial charge in [-0.25, -0.2) is 15.0 Å². The van der Waals surface area contributed by atoms with Crippen molar-refractivity contribution in [3.8, 4) is 5.75 Å². The second-order valence-corrected chi connectivity index (χ2v) is 5.07. The molecule has 2 aromatic carbocycles. The molecule has 2 amide bonds. The maximum Gasteiger partial charge on any atom is 0.343 e. The Bertz CT molecular complexity index is 757. The van der Waals surface area contributed by atoms with Crippen molar-refractivity contribution in [2.45, 2.75) is 6.92 Å². The Balaban J connectivity index is 1.82. The third-order valence-electron chi connectivity index (χ3n) is 3.24. The van der Waals surface area contributed by atoms with Crippen molar-refractivity contribution in [1.29, 1.82) is 0 Å². The van der Waals surface area contributed by atoms with Crippen LogP contribution in [0.1, 0.15) is 11.1 Å². The van der Waals surface area contributed by atoms with E-state index >= 15 is 0 Å². The van der Waals surface area contributed by atoms with Gasteiger partial charge in [0.05, 0.1) is 13.3 Å². The molecule has 0 fully saturated rings. The highest BCUT2D eigenvalue weighted by molar-refractivity contribution is 5.91. The fraction of sp³-hybridized carbons (Fsp3) is 0.167. The summed E-state index contributed by atoms with van der Waals surface area (Å²) in [5.41, 5.74) is 4.85. The predicted octanol–water partition coefficient (Wildman–Crippen LogP) is 2.70. The zero-order chi connectivity index (χ0) is 18.1. The van der Waals surface area contributed by atoms with E-state index in [1.165, 1.54) is 13.3 Å². The Labute approximate surface area is 145 Å². The number of ether oxygens (including phenoxy) is 2. The number of nitrogens with one attached hydrogen (secondary N) is 2. The van der Waals surface area contributed by atoms with E-state index in [0.29, 0.717) is 5.75 Å². The van der Waals surface area contributed by atoms with E-state index in [0.717, 1.165) is 16.8 Å². The van der Waals surface area contributed by atoms with Gasteiger partial charge in [-0.1, -0.05) is 18.2 Å². The second kappa shape index (κ2) is 9.07. The minimum Gasteiger partial charge on any atom is -0.482 e. The van der Waals surface area contributed by atoms with E-state index in [1.54, 1.807) is 24.3 Å². The van der Waals surface area contributed by atoms with E-state index in [2.05, 4.69) is 20.6 Å². The van der Waals surface area contributed by atoms with Gasteiger partial charge in [-0.2, -0.15) is 5.10 Å². The number of carbonyl (C=O) groups excluding carboxylic acids is 2. The summed E-state index contributed by atoms with van der Waals surface area (Å²) in [4.78, 5) is 22.8. The van der Waals surface area contributed by atoms with Gasteiger partial charge < -0.3 is 14.8 Å². The first kappa shape index (κ1) is 18.0. The number of carbonyl (C=O) groups is 2. The average molecular weight is 341 g/mol. The monoisotopic (exact) mass is 341 g/mol. The maximum absolute atomic E-state index is 11.8. The van der Waals surface area contributed by atoms with Crippen molar-refractivity contribution in [2.24, 2.45) is 5.10 Å². The molecule has 0 saturated carbocycles. The van der Waals surface area contributed by atoms with Crippen LogP contribution in [-0.4, -0.2) is 31.9 Å². The van der Waals surface area contributed by atoms with Gasteiger partial charge >= 0.3 is 12.0 Å². The van der Waals surface area contributed by atoms with E-state index in [4.69, 9.17) is 4.74 Å². The van der Waals surface area contributed by atoms with Crippen LogP contribution < -0.4 is 15.5 Å². The van der Waals surface area contributed by atoms with Crippen LogP contribution in [-0.2, 0) is 9.53 Å². The molecule has 7 heteroatoms. The molecule has 0 unspecified atom stereocenters. The molecule has 0 aliphatic rings. The Morgan fingerprint density at radius 2 is 1.84 bits per heavy atom. The highest BCUT2D eigenvalue weighted by Gasteiger charge is 2.03. The normalized spacial score (nSPS) is 10.3. The van der Waals surface area contributed by atoms with E-state index in [-0.39, 0.29) is 6.61 Å². The Kier molecular flexibility index (Phi) is 6.53. The maximum atomic E-state index is 11.8. The lowest BCUT2D eigenvalue weighted by molar-refractivity contribution is -0.142. The third-order valence-corrected chi connectivity index (χ3v) is 3.24. The minimum absolute atomic E-state index is 0.148. The molecule has 130 valence electrons. The number of hydrogen-bond acceptors (Lipinski definition) is 5. The van der Waals surface area contributed by atoms with Gasteiger partial charge in [0.25, 0.3) is 0 Å². The van der Waals surface area contributed by atoms with Gasteiger partial charge in [0, 0.05) is 5.69 Å². The van der Waals surface area contributed by atoms with Crippen LogP contribution in [0.5, 0.6) is 5.75 Å². The third kappa shape index (κ3) is 5.98. The number of rotatable bonds is 6. The van der Waals surface area contributed by atoms with E-state index in [1.807, 2.05) is 31.2 Å². The number of hydrogen-bond donors (Lipinski definition) is 2. The fourth-order valence-corrected chi connectivity index (χ4v) is 1.88. The lowest BCUT2D eigenvalue weighted by Gasteiger charge is -2.06. The topological polar surface area (TPSA) is 89.0 Å². The fourth-order valence-electron chi connectivity index (χ4n) is 1.88. The summed E-state index contributed by atoms with van der Waals surface area (Å²) < 4.78 is 9.73. The number of amides is 2. The van der Waals surface area contributed by atoms with Crippen molar-refractivity contribution in [3.63, 3.8) is 0 Å². The summed E-state index contributed by atoms with van der Waals surface area (Å²) in [6, 6.07) is 13.9. The highest BCUT2D eigenvalue weighted by atomic mass is 16.6. The number of urea groups is 1. The highest BCUT2D eigenvalue weighted by Crippen LogP contribution is 2.13. The number of benzene rings is 2. The van der Waals surface area contributed by atoms with Crippen LogP contribution in [0.3, 0.4) is 0 Å². The van der Waals surface area contributed by atoms with Crippen LogP contribution >= 0.6 is 0 Å². The number of aryl methyl sites for hydroxylation is 1. The Hall–Kier alpha value is -3.35. The summed E-state index contributed by atoms with van der Waals surface area (Å²) in [5.74, 6) is 0.0855. The molecule has 0 saturated heterocycles. The van der Waals surface area contributed by atoms with Crippen LogP contribution in [0.4, 0.5) is 10.5 Å². The molecular formula is C18H19N3O4. The molecule has 0 bridgehead atoms. The molecule has 2 N–H and O–H groups in total. The number of hydrazone groups is 1. The number of methoxy groups -OCH3 is 1. The first-order valence-electron chi connectivity index (χ1n) is 7.54. The molecule has 25 heavy (non-hydrogen) atoms. The summed E-state index contributed by atoms with van der Waals surface area (Å²) in [6.45, 7) is 1.76. The Morgan fingerprint density at radius 1 is 1.12 bits per heavy atom. The van der Waals surface area contributed by atoms with Crippen LogP contribution in [0, 0.1) is 6.92 Å². The Morgan fingerprint density at radius 3 is 2.52 bits per heavy atom. The molecule has 0 heterocycles. The number of para-hydroxylation sites is 1. The molecule has 2 aromatic rings. The van der Waals surface area contributed by atoms with Gasteiger partial charge in [0.15, 0.2) is 6.61 Å². The molecule has 0 spiro atoms. The average Bonchev–Trinajstić information content (AvgIpc) is 2.62. The van der Waals surface area contributed by atoms with Gasteiger partial charge in [0.1, 0.15) is 5.75 Å². The molecule has 0 aromatic heterocycles. The molecular weight excluding hydrogens is 322 g/mol. The SMILES string of the molecule is COC(=O)COc1ccc(C=NNC(=O)Nc2ccccc2C)cc1. The first-order chi connectivity index (χ1) is 12.1. The predicted molar refractivity (Wildman–Crippen MR) is 94.9 cm³/mol. The zero-order valence-electron chi connectivity index (χ0n) is 14.0. The zero-order valence-corrected chi connectivity index (χ0v) is 14.0. The van der Waals surface area contributed by atoms with Gasteiger partial charge in [-0.05, 0) is 48.4 Å². The van der Waals surface area contributed by atoms with Crippen LogP contribution in [0.2, 0.25) is 0 Å². The van der Waals surface area contributed by atoms with Crippen molar-refractivity contribution in [2.75, 3.05) is 19.0 Å². The van der Waals surface area contributed by atoms with E-state index < -0.39 is 12.0 Å². The standard InChI is InChI=1S/C18H19N3O4/c1-13-5-3-4-6-16(13)20-18(23)21-19-11-14-7-9-15(10-8-14)25-12-17(22)24-2/h3-11H,12H2,1-2H3,(H2,20,21,23). The lowest BCUT2D eigenvalue weighted by atomic mass is 10.2. The summed E-state index contributed by atoms with van der Waals surface area (Å²) in [5, 5.41) is 6.59. The first-order valence-corrected chi connectivity index (χ1v) is 7.54. The lowest BCUT2D eigenvalue weighted by Crippen LogP contribution is -2.24. The number of esters is 1. The molecule has 0 radical (unpaired) electrons. The van der Waals surface area contributed by atoms with Crippen molar-refractivity contribution in [3.05, 3.63) is 59.7 Å². The number of nitrogens with zero attached hydrogens (tertiary/aromatic N) is 1. The minimum atomic E-state index is -0.450.